The summed E-state index contributed by atoms with van der Waals surface area (Å²) in [6, 6.07) is 11.6. The largest absolute Gasteiger partial charge is 0.456 e. The van der Waals surface area contributed by atoms with Crippen LogP contribution in [0.1, 0.15) is 57.9 Å². The first-order valence-corrected chi connectivity index (χ1v) is 11.1. The summed E-state index contributed by atoms with van der Waals surface area (Å²) in [5.74, 6) is 0.0225. The first-order valence-electron chi connectivity index (χ1n) is 10.7. The molecule has 6 nitrogen and oxygen atoms in total. The van der Waals surface area contributed by atoms with Gasteiger partial charge < -0.3 is 19.1 Å². The van der Waals surface area contributed by atoms with E-state index in [1.165, 1.54) is 0 Å². The molecule has 1 aromatic carbocycles. The second-order valence-corrected chi connectivity index (χ2v) is 9.73. The number of carbonyl (C=O) groups is 1. The van der Waals surface area contributed by atoms with Crippen molar-refractivity contribution >= 4 is 17.7 Å². The molecule has 166 valence electrons. The molecule has 0 saturated carbocycles. The van der Waals surface area contributed by atoms with E-state index < -0.39 is 11.4 Å². The fraction of sp³-hybridized carbons (Fsp3) is 0.500. The number of pyridine rings is 1. The molecule has 0 spiro atoms. The summed E-state index contributed by atoms with van der Waals surface area (Å²) in [6.07, 6.45) is 2.83. The molecule has 3 heterocycles. The minimum atomic E-state index is -1.02. The zero-order valence-corrected chi connectivity index (χ0v) is 19.2. The first kappa shape index (κ1) is 21.9. The molecule has 0 bridgehead atoms. The van der Waals surface area contributed by atoms with Crippen LogP contribution in [0.5, 0.6) is 5.75 Å². The van der Waals surface area contributed by atoms with Gasteiger partial charge in [0.15, 0.2) is 0 Å². The topological polar surface area (TPSA) is 60.9 Å². The number of likely N-dealkylation sites (tertiary alicyclic amines) is 1. The number of carbonyl (C=O) groups excluding carboxylic acids is 1. The number of fused-ring (bicyclic) bond motifs is 1. The smallest absolute Gasteiger partial charge is 0.410 e. The molecule has 2 atom stereocenters. The zero-order chi connectivity index (χ0) is 22.2. The van der Waals surface area contributed by atoms with Crippen molar-refractivity contribution in [2.45, 2.75) is 58.0 Å². The van der Waals surface area contributed by atoms with Gasteiger partial charge in [0.05, 0.1) is 11.1 Å². The van der Waals surface area contributed by atoms with Gasteiger partial charge in [-0.3, -0.25) is 4.98 Å². The van der Waals surface area contributed by atoms with Crippen molar-refractivity contribution in [1.29, 1.82) is 0 Å². The standard InChI is InChI=1S/C24H29ClN2O4/c1-23(2,3)31-22(28)27-13-11-16(12-14-27)21-18-7-5-6-8-19(18)29-24(4,30-21)20-10-9-17(25)15-26-20/h5-10,15-16,21H,11-14H2,1-4H3. The number of halogens is 1. The number of piperidine rings is 1. The Hall–Kier alpha value is -2.31. The zero-order valence-electron chi connectivity index (χ0n) is 18.4. The number of nitrogens with zero attached hydrogens (tertiary/aromatic N) is 2. The molecule has 2 unspecified atom stereocenters. The third-order valence-electron chi connectivity index (χ3n) is 5.69. The fourth-order valence-corrected chi connectivity index (χ4v) is 4.28. The van der Waals surface area contributed by atoms with Crippen molar-refractivity contribution in [1.82, 2.24) is 9.88 Å². The molecule has 2 aliphatic heterocycles. The molecule has 1 fully saturated rings. The lowest BCUT2D eigenvalue weighted by atomic mass is 9.86. The maximum Gasteiger partial charge on any atom is 0.410 e. The van der Waals surface area contributed by atoms with Crippen LogP contribution in [0.3, 0.4) is 0 Å². The summed E-state index contributed by atoms with van der Waals surface area (Å²) < 4.78 is 18.4. The van der Waals surface area contributed by atoms with E-state index in [1.807, 2.05) is 52.0 Å². The Morgan fingerprint density at radius 2 is 1.90 bits per heavy atom. The molecule has 1 aromatic heterocycles. The lowest BCUT2D eigenvalue weighted by molar-refractivity contribution is -0.244. The number of ether oxygens (including phenoxy) is 3. The Morgan fingerprint density at radius 3 is 2.55 bits per heavy atom. The summed E-state index contributed by atoms with van der Waals surface area (Å²) in [6.45, 7) is 8.82. The lowest BCUT2D eigenvalue weighted by Gasteiger charge is -2.44. The molecule has 4 rings (SSSR count). The molecule has 1 saturated heterocycles. The van der Waals surface area contributed by atoms with Crippen LogP contribution in [0.2, 0.25) is 5.02 Å². The Bertz CT molecular complexity index is 935. The van der Waals surface area contributed by atoms with Gasteiger partial charge in [-0.05, 0) is 57.7 Å². The highest BCUT2D eigenvalue weighted by atomic mass is 35.5. The lowest BCUT2D eigenvalue weighted by Crippen LogP contribution is -2.45. The van der Waals surface area contributed by atoms with Gasteiger partial charge in [0.25, 0.3) is 5.79 Å². The van der Waals surface area contributed by atoms with Crippen molar-refractivity contribution in [3.05, 3.63) is 58.9 Å². The second-order valence-electron chi connectivity index (χ2n) is 9.29. The molecule has 7 heteroatoms. The van der Waals surface area contributed by atoms with E-state index in [2.05, 4.69) is 11.1 Å². The predicted molar refractivity (Wildman–Crippen MR) is 118 cm³/mol. The quantitative estimate of drug-likeness (QED) is 0.594. The third-order valence-corrected chi connectivity index (χ3v) is 5.92. The average Bonchev–Trinajstić information content (AvgIpc) is 2.72. The van der Waals surface area contributed by atoms with Crippen molar-refractivity contribution in [2.24, 2.45) is 5.92 Å². The highest BCUT2D eigenvalue weighted by Crippen LogP contribution is 2.48. The van der Waals surface area contributed by atoms with Crippen molar-refractivity contribution in [3.8, 4) is 5.75 Å². The van der Waals surface area contributed by atoms with Crippen LogP contribution in [0.25, 0.3) is 0 Å². The third kappa shape index (κ3) is 4.80. The Morgan fingerprint density at radius 1 is 1.19 bits per heavy atom. The monoisotopic (exact) mass is 444 g/mol. The minimum Gasteiger partial charge on any atom is -0.456 e. The number of amides is 1. The van der Waals surface area contributed by atoms with Crippen LogP contribution < -0.4 is 4.74 Å². The summed E-state index contributed by atoms with van der Waals surface area (Å²) in [4.78, 5) is 18.7. The molecule has 2 aromatic rings. The van der Waals surface area contributed by atoms with Crippen molar-refractivity contribution in [3.63, 3.8) is 0 Å². The molecule has 1 amide bonds. The normalized spacial score (nSPS) is 24.3. The highest BCUT2D eigenvalue weighted by molar-refractivity contribution is 6.30. The van der Waals surface area contributed by atoms with E-state index in [0.717, 1.165) is 24.2 Å². The number of benzene rings is 1. The highest BCUT2D eigenvalue weighted by Gasteiger charge is 2.44. The van der Waals surface area contributed by atoms with Crippen LogP contribution in [-0.4, -0.2) is 34.7 Å². The average molecular weight is 445 g/mol. The van der Waals surface area contributed by atoms with Gasteiger partial charge in [-0.15, -0.1) is 0 Å². The van der Waals surface area contributed by atoms with Gasteiger partial charge in [0.2, 0.25) is 0 Å². The molecule has 0 aliphatic carbocycles. The van der Waals surface area contributed by atoms with E-state index in [-0.39, 0.29) is 18.1 Å². The van der Waals surface area contributed by atoms with Gasteiger partial charge in [-0.1, -0.05) is 29.8 Å². The van der Waals surface area contributed by atoms with Crippen LogP contribution in [-0.2, 0) is 15.3 Å². The fourth-order valence-electron chi connectivity index (χ4n) is 4.17. The van der Waals surface area contributed by atoms with Gasteiger partial charge in [0.1, 0.15) is 17.0 Å². The minimum absolute atomic E-state index is 0.159. The SMILES string of the molecule is CC(C)(C)OC(=O)N1CCC(C2OC(C)(c3ccc(Cl)cn3)Oc3ccccc32)CC1. The number of para-hydroxylation sites is 1. The summed E-state index contributed by atoms with van der Waals surface area (Å²) in [7, 11) is 0. The van der Waals surface area contributed by atoms with Gasteiger partial charge in [0, 0.05) is 31.8 Å². The number of rotatable bonds is 2. The van der Waals surface area contributed by atoms with Crippen molar-refractivity contribution in [2.75, 3.05) is 13.1 Å². The van der Waals surface area contributed by atoms with Crippen molar-refractivity contribution < 1.29 is 19.0 Å². The Balaban J connectivity index is 1.54. The summed E-state index contributed by atoms with van der Waals surface area (Å²) >= 11 is 6.02. The van der Waals surface area contributed by atoms with Gasteiger partial charge >= 0.3 is 6.09 Å². The predicted octanol–water partition coefficient (Wildman–Crippen LogP) is 5.71. The molecule has 2 aliphatic rings. The Labute approximate surface area is 188 Å². The summed E-state index contributed by atoms with van der Waals surface area (Å²) in [5.41, 5.74) is 1.21. The molecular weight excluding hydrogens is 416 g/mol. The van der Waals surface area contributed by atoms with E-state index in [4.69, 9.17) is 25.8 Å². The van der Waals surface area contributed by atoms with Crippen LogP contribution in [0, 0.1) is 5.92 Å². The maximum atomic E-state index is 12.4. The van der Waals surface area contributed by atoms with E-state index >= 15 is 0 Å². The molecule has 31 heavy (non-hydrogen) atoms. The first-order chi connectivity index (χ1) is 14.6. The molecule has 0 radical (unpaired) electrons. The Kier molecular flexibility index (Phi) is 5.88. The van der Waals surface area contributed by atoms with Crippen LogP contribution in [0.15, 0.2) is 42.6 Å². The maximum absolute atomic E-state index is 12.4. The molecule has 0 N–H and O–H groups in total. The van der Waals surface area contributed by atoms with Crippen LogP contribution in [0.4, 0.5) is 4.79 Å². The number of hydrogen-bond acceptors (Lipinski definition) is 5. The van der Waals surface area contributed by atoms with E-state index in [9.17, 15) is 4.79 Å². The van der Waals surface area contributed by atoms with E-state index in [0.29, 0.717) is 23.8 Å². The molecular formula is C24H29ClN2O4. The van der Waals surface area contributed by atoms with Gasteiger partial charge in [-0.2, -0.15) is 0 Å². The number of aromatic nitrogens is 1. The summed E-state index contributed by atoms with van der Waals surface area (Å²) in [5, 5.41) is 0.564. The number of hydrogen-bond donors (Lipinski definition) is 0. The second kappa shape index (κ2) is 8.32. The van der Waals surface area contributed by atoms with Crippen LogP contribution >= 0.6 is 11.6 Å². The van der Waals surface area contributed by atoms with E-state index in [1.54, 1.807) is 17.2 Å². The van der Waals surface area contributed by atoms with Gasteiger partial charge in [-0.25, -0.2) is 4.79 Å².